The molecule has 2 aromatic carbocycles. The number of ether oxygens (including phenoxy) is 2. The summed E-state index contributed by atoms with van der Waals surface area (Å²) in [6.45, 7) is 10.1. The summed E-state index contributed by atoms with van der Waals surface area (Å²) in [5.74, 6) is 0.807. The van der Waals surface area contributed by atoms with Gasteiger partial charge in [-0.2, -0.15) is 5.10 Å². The summed E-state index contributed by atoms with van der Waals surface area (Å²) < 4.78 is 27.1. The van der Waals surface area contributed by atoms with E-state index in [-0.39, 0.29) is 18.0 Å². The van der Waals surface area contributed by atoms with Crippen LogP contribution >= 0.6 is 0 Å². The quantitative estimate of drug-likeness (QED) is 0.407. The van der Waals surface area contributed by atoms with Crippen LogP contribution < -0.4 is 4.74 Å². The molecule has 1 heterocycles. The van der Waals surface area contributed by atoms with Gasteiger partial charge in [0.05, 0.1) is 23.9 Å². The molecule has 3 rings (SSSR count). The second kappa shape index (κ2) is 11.6. The van der Waals surface area contributed by atoms with E-state index < -0.39 is 6.10 Å². The Balaban J connectivity index is 1.91. The van der Waals surface area contributed by atoms with Gasteiger partial charge in [0.1, 0.15) is 17.3 Å². The topological polar surface area (TPSA) is 59.8 Å². The molecule has 0 saturated carbocycles. The fourth-order valence-corrected chi connectivity index (χ4v) is 3.74. The van der Waals surface area contributed by atoms with Crippen LogP contribution in [0.3, 0.4) is 0 Å². The van der Waals surface area contributed by atoms with Crippen molar-refractivity contribution in [2.45, 2.75) is 52.4 Å². The van der Waals surface area contributed by atoms with Crippen LogP contribution in [-0.2, 0) is 18.3 Å². The Labute approximate surface area is 201 Å². The van der Waals surface area contributed by atoms with Crippen LogP contribution in [0.1, 0.15) is 39.7 Å². The molecule has 0 fully saturated rings. The van der Waals surface area contributed by atoms with E-state index in [9.17, 15) is 9.50 Å². The van der Waals surface area contributed by atoms with Gasteiger partial charge in [0, 0.05) is 25.7 Å². The Morgan fingerprint density at radius 1 is 1.09 bits per heavy atom. The Morgan fingerprint density at radius 3 is 2.38 bits per heavy atom. The first-order valence-corrected chi connectivity index (χ1v) is 11.8. The first kappa shape index (κ1) is 25.9. The smallest absolute Gasteiger partial charge is 0.222 e. The molecule has 0 saturated heterocycles. The minimum Gasteiger partial charge on any atom is -0.439 e. The van der Waals surface area contributed by atoms with Crippen molar-refractivity contribution < 1.29 is 19.0 Å². The average molecular weight is 470 g/mol. The standard InChI is InChI=1S/C27H36FN3O3/c1-6-16-31(17-22(32)19-33-27(2,3)4)18-24-25(20-10-8-7-9-11-20)29-30(5)26(24)34-23-14-12-21(28)13-15-23/h7-15,22,32H,6,16-19H2,1-5H3/t22-/m1/s1. The van der Waals surface area contributed by atoms with Crippen molar-refractivity contribution in [2.24, 2.45) is 7.05 Å². The second-order valence-corrected chi connectivity index (χ2v) is 9.49. The van der Waals surface area contributed by atoms with Gasteiger partial charge in [-0.05, 0) is 58.0 Å². The van der Waals surface area contributed by atoms with Crippen LogP contribution in [0.5, 0.6) is 11.6 Å². The Hall–Kier alpha value is -2.74. The summed E-state index contributed by atoms with van der Waals surface area (Å²) >= 11 is 0. The maximum atomic E-state index is 13.4. The summed E-state index contributed by atoms with van der Waals surface area (Å²) in [6, 6.07) is 15.9. The van der Waals surface area contributed by atoms with Crippen LogP contribution in [0.2, 0.25) is 0 Å². The lowest BCUT2D eigenvalue weighted by molar-refractivity contribution is -0.0566. The van der Waals surface area contributed by atoms with E-state index in [2.05, 4.69) is 11.8 Å². The maximum absolute atomic E-state index is 13.4. The van der Waals surface area contributed by atoms with Crippen molar-refractivity contribution in [1.82, 2.24) is 14.7 Å². The number of hydrogen-bond acceptors (Lipinski definition) is 5. The van der Waals surface area contributed by atoms with Crippen molar-refractivity contribution in [3.05, 3.63) is 66.0 Å². The SMILES string of the molecule is CCCN(Cc1c(-c2ccccc2)nn(C)c1Oc1ccc(F)cc1)C[C@@H](O)COC(C)(C)C. The first-order chi connectivity index (χ1) is 16.2. The summed E-state index contributed by atoms with van der Waals surface area (Å²) in [7, 11) is 1.84. The van der Waals surface area contributed by atoms with Crippen LogP contribution in [0.4, 0.5) is 4.39 Å². The third-order valence-corrected chi connectivity index (χ3v) is 5.26. The first-order valence-electron chi connectivity index (χ1n) is 11.8. The van der Waals surface area contributed by atoms with Crippen LogP contribution in [-0.4, -0.2) is 51.2 Å². The lowest BCUT2D eigenvalue weighted by Crippen LogP contribution is -2.37. The van der Waals surface area contributed by atoms with Gasteiger partial charge >= 0.3 is 0 Å². The van der Waals surface area contributed by atoms with Gasteiger partial charge in [-0.15, -0.1) is 0 Å². The van der Waals surface area contributed by atoms with E-state index in [0.717, 1.165) is 29.8 Å². The molecule has 0 aliphatic rings. The van der Waals surface area contributed by atoms with Gasteiger partial charge < -0.3 is 14.6 Å². The number of aromatic nitrogens is 2. The number of nitrogens with zero attached hydrogens (tertiary/aromatic N) is 3. The molecule has 34 heavy (non-hydrogen) atoms. The van der Waals surface area contributed by atoms with E-state index in [4.69, 9.17) is 14.6 Å². The van der Waals surface area contributed by atoms with Gasteiger partial charge in [0.25, 0.3) is 0 Å². The Bertz CT molecular complexity index is 1030. The van der Waals surface area contributed by atoms with Gasteiger partial charge in [0.2, 0.25) is 5.88 Å². The van der Waals surface area contributed by atoms with Crippen LogP contribution in [0.25, 0.3) is 11.3 Å². The Kier molecular flexibility index (Phi) is 8.83. The van der Waals surface area contributed by atoms with Crippen molar-refractivity contribution >= 4 is 0 Å². The molecule has 184 valence electrons. The third-order valence-electron chi connectivity index (χ3n) is 5.26. The Morgan fingerprint density at radius 2 is 1.76 bits per heavy atom. The molecule has 1 aromatic heterocycles. The zero-order valence-corrected chi connectivity index (χ0v) is 20.8. The van der Waals surface area contributed by atoms with Crippen molar-refractivity contribution in [2.75, 3.05) is 19.7 Å². The fraction of sp³-hybridized carbons (Fsp3) is 0.444. The normalized spacial score (nSPS) is 12.8. The molecule has 0 spiro atoms. The highest BCUT2D eigenvalue weighted by Gasteiger charge is 2.24. The zero-order valence-electron chi connectivity index (χ0n) is 20.8. The number of rotatable bonds is 11. The monoisotopic (exact) mass is 469 g/mol. The highest BCUT2D eigenvalue weighted by molar-refractivity contribution is 5.65. The lowest BCUT2D eigenvalue weighted by Gasteiger charge is -2.27. The lowest BCUT2D eigenvalue weighted by atomic mass is 10.1. The third kappa shape index (κ3) is 7.38. The minimum absolute atomic E-state index is 0.265. The van der Waals surface area contributed by atoms with E-state index >= 15 is 0 Å². The highest BCUT2D eigenvalue weighted by Crippen LogP contribution is 2.34. The second-order valence-electron chi connectivity index (χ2n) is 9.49. The molecule has 1 N–H and O–H groups in total. The molecule has 7 heteroatoms. The minimum atomic E-state index is -0.621. The summed E-state index contributed by atoms with van der Waals surface area (Å²) in [5, 5.41) is 15.4. The van der Waals surface area contributed by atoms with Crippen LogP contribution in [0, 0.1) is 5.82 Å². The number of hydrogen-bond donors (Lipinski definition) is 1. The fourth-order valence-electron chi connectivity index (χ4n) is 3.74. The molecule has 0 aliphatic heterocycles. The highest BCUT2D eigenvalue weighted by atomic mass is 19.1. The van der Waals surface area contributed by atoms with Crippen molar-refractivity contribution in [1.29, 1.82) is 0 Å². The van der Waals surface area contributed by atoms with E-state index in [1.165, 1.54) is 12.1 Å². The zero-order chi connectivity index (χ0) is 24.7. The molecule has 1 atom stereocenters. The molecular weight excluding hydrogens is 433 g/mol. The predicted octanol–water partition coefficient (Wildman–Crippen LogP) is 5.41. The molecule has 0 unspecified atom stereocenters. The number of aryl methyl sites for hydroxylation is 1. The molecule has 0 amide bonds. The summed E-state index contributed by atoms with van der Waals surface area (Å²) in [6.07, 6.45) is 0.311. The molecule has 0 bridgehead atoms. The number of benzene rings is 2. The number of aliphatic hydroxyl groups excluding tert-OH is 1. The van der Waals surface area contributed by atoms with Crippen LogP contribution in [0.15, 0.2) is 54.6 Å². The summed E-state index contributed by atoms with van der Waals surface area (Å²) in [5.41, 5.74) is 2.41. The van der Waals surface area contributed by atoms with E-state index in [1.54, 1.807) is 16.8 Å². The molecule has 6 nitrogen and oxygen atoms in total. The van der Waals surface area contributed by atoms with Gasteiger partial charge in [0.15, 0.2) is 0 Å². The number of aliphatic hydroxyl groups is 1. The van der Waals surface area contributed by atoms with Crippen molar-refractivity contribution in [3.63, 3.8) is 0 Å². The largest absolute Gasteiger partial charge is 0.439 e. The van der Waals surface area contributed by atoms with Gasteiger partial charge in [-0.25, -0.2) is 9.07 Å². The molecular formula is C27H36FN3O3. The maximum Gasteiger partial charge on any atom is 0.222 e. The van der Waals surface area contributed by atoms with E-state index in [0.29, 0.717) is 24.7 Å². The number of halogens is 1. The summed E-state index contributed by atoms with van der Waals surface area (Å²) in [4.78, 5) is 2.19. The van der Waals surface area contributed by atoms with E-state index in [1.807, 2.05) is 58.2 Å². The predicted molar refractivity (Wildman–Crippen MR) is 132 cm³/mol. The molecule has 0 radical (unpaired) electrons. The molecule has 3 aromatic rings. The molecule has 0 aliphatic carbocycles. The van der Waals surface area contributed by atoms with Gasteiger partial charge in [-0.1, -0.05) is 37.3 Å². The van der Waals surface area contributed by atoms with Crippen molar-refractivity contribution in [3.8, 4) is 22.9 Å². The van der Waals surface area contributed by atoms with Gasteiger partial charge in [-0.3, -0.25) is 4.90 Å². The average Bonchev–Trinajstić information content (AvgIpc) is 3.09.